The summed E-state index contributed by atoms with van der Waals surface area (Å²) in [6, 6.07) is 11.2. The Morgan fingerprint density at radius 2 is 1.91 bits per heavy atom. The second-order valence-corrected chi connectivity index (χ2v) is 9.99. The highest BCUT2D eigenvalue weighted by atomic mass is 16.5. The Morgan fingerprint density at radius 1 is 1.15 bits per heavy atom. The summed E-state index contributed by atoms with van der Waals surface area (Å²) in [5.41, 5.74) is 4.46. The summed E-state index contributed by atoms with van der Waals surface area (Å²) in [6.45, 7) is 7.43. The van der Waals surface area contributed by atoms with Gasteiger partial charge in [0.2, 0.25) is 0 Å². The Labute approximate surface area is 202 Å². The number of carbonyl (C=O) groups excluding carboxylic acids is 1. The van der Waals surface area contributed by atoms with Gasteiger partial charge in [-0.2, -0.15) is 0 Å². The van der Waals surface area contributed by atoms with Gasteiger partial charge in [-0.1, -0.05) is 12.1 Å². The molecule has 0 saturated carbocycles. The zero-order valence-corrected chi connectivity index (χ0v) is 20.5. The molecule has 1 aromatic heterocycles. The first-order chi connectivity index (χ1) is 16.5. The minimum absolute atomic E-state index is 0.0406. The van der Waals surface area contributed by atoms with Crippen LogP contribution in [0.2, 0.25) is 0 Å². The maximum atomic E-state index is 12.5. The standard InChI is InChI=1S/C26H36N6O2/c1-18-28-24(19-4-6-21(7-5-19)30(2)3)15-25(29-18)23-17-32-9-8-20(23)14-22(32)16-27-26(33)31-10-12-34-13-11-31/h4-7,15,20,22-23H,8-14,16-17H2,1-3H3,(H,27,33)/t20-,22+,23+/m0/s1. The lowest BCUT2D eigenvalue weighted by atomic mass is 9.74. The summed E-state index contributed by atoms with van der Waals surface area (Å²) >= 11 is 0. The summed E-state index contributed by atoms with van der Waals surface area (Å²) in [5.74, 6) is 1.84. The first-order valence-corrected chi connectivity index (χ1v) is 12.5. The number of hydrogen-bond acceptors (Lipinski definition) is 6. The summed E-state index contributed by atoms with van der Waals surface area (Å²) < 4.78 is 5.36. The largest absolute Gasteiger partial charge is 0.378 e. The quantitative estimate of drug-likeness (QED) is 0.734. The van der Waals surface area contributed by atoms with Gasteiger partial charge in [0.05, 0.1) is 18.9 Å². The van der Waals surface area contributed by atoms with E-state index in [4.69, 9.17) is 14.7 Å². The van der Waals surface area contributed by atoms with Crippen molar-refractivity contribution < 1.29 is 9.53 Å². The van der Waals surface area contributed by atoms with Crippen molar-refractivity contribution in [3.05, 3.63) is 41.9 Å². The molecule has 4 saturated heterocycles. The third kappa shape index (κ3) is 4.88. The van der Waals surface area contributed by atoms with Gasteiger partial charge in [0.25, 0.3) is 0 Å². The SMILES string of the molecule is Cc1nc(-c2ccc(N(C)C)cc2)cc([C@@H]2CN3CC[C@H]2C[C@@H]3CNC(=O)N2CCOCC2)n1. The summed E-state index contributed by atoms with van der Waals surface area (Å²) in [5, 5.41) is 3.17. The van der Waals surface area contributed by atoms with Crippen molar-refractivity contribution in [2.45, 2.75) is 31.7 Å². The number of hydrogen-bond donors (Lipinski definition) is 1. The van der Waals surface area contributed by atoms with Crippen molar-refractivity contribution in [2.75, 3.05) is 64.9 Å². The molecule has 8 nitrogen and oxygen atoms in total. The molecule has 182 valence electrons. The zero-order chi connectivity index (χ0) is 23.7. The number of anilines is 1. The number of nitrogens with one attached hydrogen (secondary N) is 1. The molecule has 4 fully saturated rings. The van der Waals surface area contributed by atoms with E-state index < -0.39 is 0 Å². The van der Waals surface area contributed by atoms with Gasteiger partial charge >= 0.3 is 6.03 Å². The zero-order valence-electron chi connectivity index (χ0n) is 20.5. The summed E-state index contributed by atoms with van der Waals surface area (Å²) in [6.07, 6.45) is 2.29. The molecule has 2 bridgehead atoms. The van der Waals surface area contributed by atoms with E-state index in [1.54, 1.807) is 0 Å². The third-order valence-corrected chi connectivity index (χ3v) is 7.58. The highest BCUT2D eigenvalue weighted by Crippen LogP contribution is 2.41. The fourth-order valence-electron chi connectivity index (χ4n) is 5.63. The lowest BCUT2D eigenvalue weighted by Crippen LogP contribution is -2.57. The molecule has 4 atom stereocenters. The second-order valence-electron chi connectivity index (χ2n) is 9.99. The van der Waals surface area contributed by atoms with E-state index in [0.717, 1.165) is 42.3 Å². The number of piperidine rings is 3. The number of ether oxygens (including phenoxy) is 1. The number of nitrogens with zero attached hydrogens (tertiary/aromatic N) is 5. The van der Waals surface area contributed by atoms with E-state index in [1.165, 1.54) is 12.1 Å². The van der Waals surface area contributed by atoms with E-state index in [-0.39, 0.29) is 6.03 Å². The van der Waals surface area contributed by atoms with Crippen LogP contribution >= 0.6 is 0 Å². The number of carbonyl (C=O) groups is 1. The number of aromatic nitrogens is 2. The number of amides is 2. The lowest BCUT2D eigenvalue weighted by Gasteiger charge is -2.50. The Balaban J connectivity index is 1.25. The van der Waals surface area contributed by atoms with Gasteiger partial charge in [-0.05, 0) is 50.4 Å². The van der Waals surface area contributed by atoms with Crippen molar-refractivity contribution in [3.63, 3.8) is 0 Å². The molecular weight excluding hydrogens is 428 g/mol. The van der Waals surface area contributed by atoms with E-state index in [2.05, 4.69) is 59.5 Å². The van der Waals surface area contributed by atoms with Crippen LogP contribution in [0.25, 0.3) is 11.3 Å². The number of rotatable bonds is 5. The van der Waals surface area contributed by atoms with E-state index in [0.29, 0.717) is 50.7 Å². The minimum atomic E-state index is 0.0406. The van der Waals surface area contributed by atoms with Crippen molar-refractivity contribution in [2.24, 2.45) is 5.92 Å². The Bertz CT molecular complexity index is 1000. The molecule has 1 unspecified atom stereocenters. The average molecular weight is 465 g/mol. The second kappa shape index (κ2) is 9.88. The van der Waals surface area contributed by atoms with Crippen LogP contribution in [-0.2, 0) is 4.74 Å². The van der Waals surface area contributed by atoms with Gasteiger partial charge in [0.15, 0.2) is 0 Å². The molecule has 5 heterocycles. The van der Waals surface area contributed by atoms with Crippen molar-refractivity contribution in [1.82, 2.24) is 25.1 Å². The third-order valence-electron chi connectivity index (χ3n) is 7.58. The van der Waals surface area contributed by atoms with Crippen LogP contribution in [0.1, 0.15) is 30.3 Å². The summed E-state index contributed by atoms with van der Waals surface area (Å²) in [4.78, 5) is 28.7. The maximum absolute atomic E-state index is 12.5. The first kappa shape index (κ1) is 23.1. The Kier molecular flexibility index (Phi) is 6.70. The number of morpholine rings is 1. The van der Waals surface area contributed by atoms with Crippen LogP contribution in [0.5, 0.6) is 0 Å². The minimum Gasteiger partial charge on any atom is -0.378 e. The summed E-state index contributed by atoms with van der Waals surface area (Å²) in [7, 11) is 4.10. The number of benzene rings is 1. The van der Waals surface area contributed by atoms with Crippen LogP contribution in [0.15, 0.2) is 30.3 Å². The normalized spacial score (nSPS) is 26.4. The number of urea groups is 1. The fourth-order valence-corrected chi connectivity index (χ4v) is 5.63. The monoisotopic (exact) mass is 464 g/mol. The molecule has 4 aliphatic rings. The van der Waals surface area contributed by atoms with Gasteiger partial charge in [-0.25, -0.2) is 14.8 Å². The molecule has 0 spiro atoms. The van der Waals surface area contributed by atoms with Gasteiger partial charge in [-0.3, -0.25) is 4.90 Å². The predicted octanol–water partition coefficient (Wildman–Crippen LogP) is 2.74. The topological polar surface area (TPSA) is 73.8 Å². The van der Waals surface area contributed by atoms with E-state index in [1.807, 2.05) is 11.8 Å². The molecule has 1 aromatic carbocycles. The highest BCUT2D eigenvalue weighted by Gasteiger charge is 2.41. The van der Waals surface area contributed by atoms with Crippen molar-refractivity contribution >= 4 is 11.7 Å². The van der Waals surface area contributed by atoms with Crippen LogP contribution in [-0.4, -0.2) is 91.9 Å². The van der Waals surface area contributed by atoms with Crippen molar-refractivity contribution in [3.8, 4) is 11.3 Å². The van der Waals surface area contributed by atoms with Crippen LogP contribution < -0.4 is 10.2 Å². The smallest absolute Gasteiger partial charge is 0.317 e. The average Bonchev–Trinajstić information content (AvgIpc) is 2.87. The molecule has 2 aromatic rings. The van der Waals surface area contributed by atoms with Crippen LogP contribution in [0, 0.1) is 12.8 Å². The molecule has 8 heteroatoms. The maximum Gasteiger partial charge on any atom is 0.317 e. The predicted molar refractivity (Wildman–Crippen MR) is 133 cm³/mol. The van der Waals surface area contributed by atoms with Gasteiger partial charge in [0.1, 0.15) is 5.82 Å². The number of fused-ring (bicyclic) bond motifs is 3. The fraction of sp³-hybridized carbons (Fsp3) is 0.577. The molecule has 2 amide bonds. The molecule has 1 N–H and O–H groups in total. The molecule has 6 rings (SSSR count). The highest BCUT2D eigenvalue weighted by molar-refractivity contribution is 5.74. The van der Waals surface area contributed by atoms with Crippen molar-refractivity contribution in [1.29, 1.82) is 0 Å². The Hall–Kier alpha value is -2.71. The van der Waals surface area contributed by atoms with E-state index >= 15 is 0 Å². The first-order valence-electron chi connectivity index (χ1n) is 12.5. The molecular formula is C26H36N6O2. The molecule has 0 aliphatic carbocycles. The molecule has 0 radical (unpaired) electrons. The van der Waals surface area contributed by atoms with Crippen LogP contribution in [0.4, 0.5) is 10.5 Å². The van der Waals surface area contributed by atoms with E-state index in [9.17, 15) is 4.79 Å². The van der Waals surface area contributed by atoms with Gasteiger partial charge < -0.3 is 19.9 Å². The molecule has 4 aliphatic heterocycles. The van der Waals surface area contributed by atoms with Crippen LogP contribution in [0.3, 0.4) is 0 Å². The van der Waals surface area contributed by atoms with Gasteiger partial charge in [0, 0.05) is 69.2 Å². The van der Waals surface area contributed by atoms with Gasteiger partial charge in [-0.15, -0.1) is 0 Å². The lowest BCUT2D eigenvalue weighted by molar-refractivity contribution is 0.0274. The number of aryl methyl sites for hydroxylation is 1. The Morgan fingerprint density at radius 3 is 2.59 bits per heavy atom. The molecule has 34 heavy (non-hydrogen) atoms.